The highest BCUT2D eigenvalue weighted by Crippen LogP contribution is 2.62. The zero-order chi connectivity index (χ0) is 14.2. The predicted molar refractivity (Wildman–Crippen MR) is 88.4 cm³/mol. The summed E-state index contributed by atoms with van der Waals surface area (Å²) in [6.07, 6.45) is 11.1. The highest BCUT2D eigenvalue weighted by atomic mass is 14.9. The van der Waals surface area contributed by atoms with Crippen LogP contribution in [0.15, 0.2) is 18.2 Å². The first-order valence-corrected chi connectivity index (χ1v) is 9.23. The summed E-state index contributed by atoms with van der Waals surface area (Å²) in [5, 5.41) is 3.88. The first-order valence-electron chi connectivity index (χ1n) is 9.23. The number of fused-ring (bicyclic) bond motifs is 2. The maximum Gasteiger partial charge on any atom is 0.0354 e. The average Bonchev–Trinajstić information content (AvgIpc) is 2.99. The molecular weight excluding hydrogens is 254 g/mol. The Kier molecular flexibility index (Phi) is 3.79. The van der Waals surface area contributed by atoms with Crippen molar-refractivity contribution in [2.75, 3.05) is 6.54 Å². The molecule has 4 rings (SSSR count). The Bertz CT molecular complexity index is 497. The van der Waals surface area contributed by atoms with E-state index in [2.05, 4.69) is 30.4 Å². The number of benzene rings is 1. The third-order valence-electron chi connectivity index (χ3n) is 6.20. The largest absolute Gasteiger partial charge is 0.310 e. The molecule has 1 aromatic rings. The van der Waals surface area contributed by atoms with E-state index in [4.69, 9.17) is 0 Å². The molecule has 3 atom stereocenters. The lowest BCUT2D eigenvalue weighted by Gasteiger charge is -2.24. The van der Waals surface area contributed by atoms with Gasteiger partial charge in [0.25, 0.3) is 0 Å². The van der Waals surface area contributed by atoms with Gasteiger partial charge in [0, 0.05) is 6.04 Å². The van der Waals surface area contributed by atoms with E-state index in [1.165, 1.54) is 51.4 Å². The Morgan fingerprint density at radius 2 is 1.81 bits per heavy atom. The minimum Gasteiger partial charge on any atom is -0.310 e. The van der Waals surface area contributed by atoms with Crippen molar-refractivity contribution in [3.8, 4) is 0 Å². The average molecular weight is 283 g/mol. The van der Waals surface area contributed by atoms with E-state index in [1.807, 2.05) is 0 Å². The number of hydrogen-bond acceptors (Lipinski definition) is 1. The van der Waals surface area contributed by atoms with Gasteiger partial charge in [0.15, 0.2) is 0 Å². The number of hydrogen-bond donors (Lipinski definition) is 1. The maximum atomic E-state index is 3.88. The smallest absolute Gasteiger partial charge is 0.0354 e. The van der Waals surface area contributed by atoms with Gasteiger partial charge in [-0.3, -0.25) is 0 Å². The van der Waals surface area contributed by atoms with Crippen molar-refractivity contribution < 1.29 is 0 Å². The van der Waals surface area contributed by atoms with Crippen molar-refractivity contribution >= 4 is 0 Å². The van der Waals surface area contributed by atoms with Gasteiger partial charge < -0.3 is 5.32 Å². The van der Waals surface area contributed by atoms with E-state index >= 15 is 0 Å². The summed E-state index contributed by atoms with van der Waals surface area (Å²) in [5.41, 5.74) is 4.85. The first-order chi connectivity index (χ1) is 10.4. The zero-order valence-corrected chi connectivity index (χ0v) is 13.4. The molecule has 0 radical (unpaired) electrons. The van der Waals surface area contributed by atoms with Gasteiger partial charge in [-0.05, 0) is 85.9 Å². The lowest BCUT2D eigenvalue weighted by molar-refractivity contribution is 0.417. The van der Waals surface area contributed by atoms with E-state index in [-0.39, 0.29) is 0 Å². The quantitative estimate of drug-likeness (QED) is 0.829. The Morgan fingerprint density at radius 3 is 2.57 bits per heavy atom. The molecule has 21 heavy (non-hydrogen) atoms. The summed E-state index contributed by atoms with van der Waals surface area (Å²) in [5.74, 6) is 3.01. The molecule has 2 saturated carbocycles. The SMILES string of the molecule is CCCNC(c1ccc2c(c1)CCCC2)C1C2CCCC21. The Balaban J connectivity index is 1.57. The van der Waals surface area contributed by atoms with Gasteiger partial charge in [0.1, 0.15) is 0 Å². The minimum absolute atomic E-state index is 0.632. The fourth-order valence-electron chi connectivity index (χ4n) is 5.09. The van der Waals surface area contributed by atoms with E-state index in [1.54, 1.807) is 16.7 Å². The van der Waals surface area contributed by atoms with Crippen LogP contribution in [0, 0.1) is 17.8 Å². The highest BCUT2D eigenvalue weighted by Gasteiger charge is 2.55. The monoisotopic (exact) mass is 283 g/mol. The highest BCUT2D eigenvalue weighted by molar-refractivity contribution is 5.36. The molecule has 0 heterocycles. The molecule has 114 valence electrons. The molecule has 0 aromatic heterocycles. The molecule has 0 amide bonds. The Labute approximate surface area is 129 Å². The summed E-state index contributed by atoms with van der Waals surface area (Å²) < 4.78 is 0. The van der Waals surface area contributed by atoms with Crippen LogP contribution in [0.4, 0.5) is 0 Å². The van der Waals surface area contributed by atoms with Crippen molar-refractivity contribution in [1.82, 2.24) is 5.32 Å². The van der Waals surface area contributed by atoms with Crippen molar-refractivity contribution in [3.05, 3.63) is 34.9 Å². The van der Waals surface area contributed by atoms with Gasteiger partial charge >= 0.3 is 0 Å². The third-order valence-corrected chi connectivity index (χ3v) is 6.20. The molecular formula is C20H29N. The van der Waals surface area contributed by atoms with Gasteiger partial charge in [-0.2, -0.15) is 0 Å². The van der Waals surface area contributed by atoms with Gasteiger partial charge in [0.2, 0.25) is 0 Å². The molecule has 1 nitrogen and oxygen atoms in total. The van der Waals surface area contributed by atoms with Gasteiger partial charge in [-0.25, -0.2) is 0 Å². The molecule has 0 spiro atoms. The van der Waals surface area contributed by atoms with E-state index in [0.717, 1.165) is 24.3 Å². The van der Waals surface area contributed by atoms with Crippen molar-refractivity contribution in [1.29, 1.82) is 0 Å². The maximum absolute atomic E-state index is 3.88. The van der Waals surface area contributed by atoms with Crippen molar-refractivity contribution in [2.45, 2.75) is 64.3 Å². The van der Waals surface area contributed by atoms with Crippen LogP contribution >= 0.6 is 0 Å². The summed E-state index contributed by atoms with van der Waals surface area (Å²) in [6, 6.07) is 8.05. The molecule has 3 unspecified atom stereocenters. The molecule has 3 aliphatic carbocycles. The van der Waals surface area contributed by atoms with Crippen LogP contribution in [0.1, 0.15) is 68.2 Å². The van der Waals surface area contributed by atoms with Gasteiger partial charge in [0.05, 0.1) is 0 Å². The predicted octanol–water partition coefficient (Wildman–Crippen LogP) is 4.65. The second kappa shape index (κ2) is 5.76. The van der Waals surface area contributed by atoms with Crippen molar-refractivity contribution in [2.24, 2.45) is 17.8 Å². The fourth-order valence-corrected chi connectivity index (χ4v) is 5.09. The number of rotatable bonds is 5. The van der Waals surface area contributed by atoms with Crippen LogP contribution in [0.2, 0.25) is 0 Å². The van der Waals surface area contributed by atoms with Crippen LogP contribution in [-0.2, 0) is 12.8 Å². The van der Waals surface area contributed by atoms with E-state index < -0.39 is 0 Å². The number of nitrogens with one attached hydrogen (secondary N) is 1. The third kappa shape index (κ3) is 2.54. The standard InChI is InChI=1S/C20H29N/c1-2-12-21-20(19-17-8-5-9-18(17)19)16-11-10-14-6-3-4-7-15(14)13-16/h10-11,13,17-21H,2-9,12H2,1H3. The first kappa shape index (κ1) is 13.8. The molecule has 2 fully saturated rings. The van der Waals surface area contributed by atoms with Gasteiger partial charge in [-0.1, -0.05) is 31.5 Å². The molecule has 1 aromatic carbocycles. The topological polar surface area (TPSA) is 12.0 Å². The van der Waals surface area contributed by atoms with Crippen molar-refractivity contribution in [3.63, 3.8) is 0 Å². The Morgan fingerprint density at radius 1 is 1.05 bits per heavy atom. The zero-order valence-electron chi connectivity index (χ0n) is 13.4. The van der Waals surface area contributed by atoms with E-state index in [0.29, 0.717) is 6.04 Å². The Hall–Kier alpha value is -0.820. The lowest BCUT2D eigenvalue weighted by atomic mass is 9.87. The fraction of sp³-hybridized carbons (Fsp3) is 0.700. The van der Waals surface area contributed by atoms with Crippen LogP contribution in [-0.4, -0.2) is 6.54 Å². The molecule has 1 N–H and O–H groups in total. The summed E-state index contributed by atoms with van der Waals surface area (Å²) >= 11 is 0. The molecule has 0 bridgehead atoms. The summed E-state index contributed by atoms with van der Waals surface area (Å²) in [6.45, 7) is 3.45. The van der Waals surface area contributed by atoms with E-state index in [9.17, 15) is 0 Å². The van der Waals surface area contributed by atoms with Crippen LogP contribution in [0.3, 0.4) is 0 Å². The van der Waals surface area contributed by atoms with Crippen LogP contribution in [0.25, 0.3) is 0 Å². The molecule has 0 aliphatic heterocycles. The lowest BCUT2D eigenvalue weighted by Crippen LogP contribution is -2.26. The number of aryl methyl sites for hydroxylation is 2. The summed E-state index contributed by atoms with van der Waals surface area (Å²) in [7, 11) is 0. The van der Waals surface area contributed by atoms with Gasteiger partial charge in [-0.15, -0.1) is 0 Å². The second-order valence-corrected chi connectivity index (χ2v) is 7.50. The molecule has 3 aliphatic rings. The second-order valence-electron chi connectivity index (χ2n) is 7.50. The molecule has 1 heteroatoms. The molecule has 0 saturated heterocycles. The minimum atomic E-state index is 0.632. The van der Waals surface area contributed by atoms with Crippen LogP contribution < -0.4 is 5.32 Å². The summed E-state index contributed by atoms with van der Waals surface area (Å²) in [4.78, 5) is 0. The normalized spacial score (nSPS) is 31.6. The van der Waals surface area contributed by atoms with Crippen LogP contribution in [0.5, 0.6) is 0 Å².